The van der Waals surface area contributed by atoms with Crippen LogP contribution in [0.3, 0.4) is 0 Å². The topological polar surface area (TPSA) is 502 Å². The average Bonchev–Trinajstić information content (AvgIpc) is 3.41. The molecule has 19 N–H and O–H groups in total. The number of likely N-dealkylation sites (N-methyl/N-ethyl adjacent to an activating group) is 2. The van der Waals surface area contributed by atoms with Gasteiger partial charge in [-0.3, -0.25) is 73.4 Å². The van der Waals surface area contributed by atoms with E-state index >= 15 is 0 Å². The van der Waals surface area contributed by atoms with E-state index in [0.29, 0.717) is 5.56 Å². The maximum atomic E-state index is 14.5. The van der Waals surface area contributed by atoms with Crippen LogP contribution in [-0.2, 0) is 73.5 Å². The molecule has 87 heavy (non-hydrogen) atoms. The zero-order valence-corrected chi connectivity index (χ0v) is 52.7. The number of carbonyl (C=O) groups excluding carboxylic acids is 12. The summed E-state index contributed by atoms with van der Waals surface area (Å²) < 4.78 is 0. The number of hydrogen-bond donors (Lipinski definition) is 18. The van der Waals surface area contributed by atoms with Gasteiger partial charge in [0.15, 0.2) is 6.35 Å². The molecule has 1 saturated heterocycles. The number of aromatic hydroxyl groups is 1. The number of aliphatic hydroxyl groups is 1. The van der Waals surface area contributed by atoms with Gasteiger partial charge in [0.25, 0.3) is 0 Å². The van der Waals surface area contributed by atoms with Crippen LogP contribution in [0.25, 0.3) is 0 Å². The van der Waals surface area contributed by atoms with Crippen LogP contribution >= 0.6 is 54.9 Å². The highest BCUT2D eigenvalue weighted by molar-refractivity contribution is 8.77. The quantitative estimate of drug-likeness (QED) is 0.0454. The van der Waals surface area contributed by atoms with E-state index in [1.807, 2.05) is 0 Å². The standard InChI is InChI=1S/C50H78N14O18S5/c1-23(2)39(64-50(51)82)48(79)55-24(3)40(71)62-32-18-83-15-14-30(44(75)59-29(41(72)52-6)12-13-38(69)70)60-46(77)34(56-25(4)65)20-85-84-19-33(42(73)53-7)63-47(78)35(57-26(5)66)21-86-87-22-36(49(80)81)58-37(68)17-54-43(74)31(61-45(32)76)16-27-8-10-28(67)11-9-27/h8-11,23-24,29-36,39,50,64,67,82H,12-22,51H2,1-7H3,(H,52,72)(H,53,73)(H,54,74)(H,55,79)(H,56,65)(H,57,66)(H,58,68)(H,59,75)(H,60,77)(H,61,76)(H,62,71)(H,63,78)(H,69,70)(H,80,81)/t24-,29+,30-,31-,32-,33-,34-,35+,36+,39-,50?/m1/s1. The predicted octanol–water partition coefficient (Wildman–Crippen LogP) is -5.34. The first kappa shape index (κ1) is 76.3. The molecule has 1 heterocycles. The number of carboxylic acids is 2. The number of amides is 12. The number of rotatable bonds is 19. The fourth-order valence-corrected chi connectivity index (χ4v) is 13.2. The number of carboxylic acid groups (broad SMARTS) is 2. The molecule has 0 spiro atoms. The zero-order chi connectivity index (χ0) is 65.5. The number of phenols is 1. The average molecular weight is 1320 g/mol. The normalized spacial score (nSPS) is 22.6. The Bertz CT molecular complexity index is 2580. The van der Waals surface area contributed by atoms with Gasteiger partial charge in [-0.1, -0.05) is 69.2 Å². The zero-order valence-electron chi connectivity index (χ0n) is 48.6. The minimum Gasteiger partial charge on any atom is -0.508 e. The third-order valence-corrected chi connectivity index (χ3v) is 18.1. The molecule has 37 heteroatoms. The lowest BCUT2D eigenvalue weighted by molar-refractivity contribution is -0.141. The molecule has 1 aromatic carbocycles. The van der Waals surface area contributed by atoms with Crippen LogP contribution in [0.1, 0.15) is 59.4 Å². The van der Waals surface area contributed by atoms with Crippen LogP contribution < -0.4 is 74.9 Å². The fraction of sp³-hybridized carbons (Fsp3) is 0.600. The van der Waals surface area contributed by atoms with Gasteiger partial charge in [0, 0.05) is 69.5 Å². The van der Waals surface area contributed by atoms with Crippen molar-refractivity contribution in [3.8, 4) is 5.75 Å². The first-order valence-corrected chi connectivity index (χ1v) is 32.9. The van der Waals surface area contributed by atoms with E-state index < -0.39 is 168 Å². The lowest BCUT2D eigenvalue weighted by Crippen LogP contribution is -2.60. The predicted molar refractivity (Wildman–Crippen MR) is 326 cm³/mol. The first-order chi connectivity index (χ1) is 41.0. The van der Waals surface area contributed by atoms with Crippen molar-refractivity contribution >= 4 is 138 Å². The molecule has 0 radical (unpaired) electrons. The summed E-state index contributed by atoms with van der Waals surface area (Å²) in [5.74, 6) is -15.0. The van der Waals surface area contributed by atoms with Crippen molar-refractivity contribution in [1.82, 2.24) is 69.1 Å². The van der Waals surface area contributed by atoms with Crippen LogP contribution in [0.15, 0.2) is 24.3 Å². The van der Waals surface area contributed by atoms with Crippen LogP contribution in [0.4, 0.5) is 0 Å². The molecular formula is C50H78N14O18S5. The molecule has 1 aliphatic rings. The first-order valence-electron chi connectivity index (χ1n) is 26.8. The number of benzene rings is 1. The second-order valence-corrected chi connectivity index (χ2v) is 25.8. The smallest absolute Gasteiger partial charge is 0.327 e. The Morgan fingerprint density at radius 3 is 1.70 bits per heavy atom. The van der Waals surface area contributed by atoms with Crippen molar-refractivity contribution in [2.24, 2.45) is 11.7 Å². The summed E-state index contributed by atoms with van der Waals surface area (Å²) in [6.07, 6.45) is -3.18. The minimum atomic E-state index is -1.62. The number of hydrogen-bond acceptors (Lipinski definition) is 23. The van der Waals surface area contributed by atoms with Gasteiger partial charge < -0.3 is 84.2 Å². The SMILES string of the molecule is CNC(=O)[C@H](CCC(=O)O)NC(=O)[C@H]1CCSC[C@@H](NC(=O)[C@@H](C)NC(=O)[C@H](NC(N)O)C(C)C)C(=O)N[C@H](Cc2ccc(O)cc2)C(=O)NCC(=O)N[C@H](C(=O)O)CSSC[C@H](NC(C)=O)C(=O)N[C@@H](C(=O)NC)CSSC[C@@H](NC(C)=O)C(=O)N1. The molecule has 1 aliphatic heterocycles. The molecule has 0 saturated carbocycles. The van der Waals surface area contributed by atoms with Crippen LogP contribution in [0, 0.1) is 5.92 Å². The summed E-state index contributed by atoms with van der Waals surface area (Å²) in [6.45, 7) is 5.97. The highest BCUT2D eigenvalue weighted by atomic mass is 33.1. The summed E-state index contributed by atoms with van der Waals surface area (Å²) in [5, 5.41) is 71.2. The van der Waals surface area contributed by atoms with E-state index in [1.165, 1.54) is 45.3 Å². The Hall–Kier alpha value is -6.77. The van der Waals surface area contributed by atoms with Gasteiger partial charge in [-0.15, -0.1) is 0 Å². The molecule has 12 amide bonds. The Balaban J connectivity index is 2.77. The van der Waals surface area contributed by atoms with Gasteiger partial charge in [-0.05, 0) is 49.1 Å². The molecule has 0 aromatic heterocycles. The highest BCUT2D eigenvalue weighted by Crippen LogP contribution is 2.25. The Morgan fingerprint density at radius 2 is 1.18 bits per heavy atom. The van der Waals surface area contributed by atoms with E-state index in [2.05, 4.69) is 69.1 Å². The van der Waals surface area contributed by atoms with Gasteiger partial charge in [0.05, 0.1) is 12.6 Å². The minimum absolute atomic E-state index is 0.149. The second-order valence-electron chi connectivity index (χ2n) is 19.6. The number of aliphatic carboxylic acids is 2. The van der Waals surface area contributed by atoms with Gasteiger partial charge in [0.1, 0.15) is 60.1 Å². The van der Waals surface area contributed by atoms with Gasteiger partial charge in [0.2, 0.25) is 70.9 Å². The summed E-state index contributed by atoms with van der Waals surface area (Å²) in [4.78, 5) is 185. The third-order valence-electron chi connectivity index (χ3n) is 12.1. The van der Waals surface area contributed by atoms with Crippen molar-refractivity contribution in [2.75, 3.05) is 55.2 Å². The molecule has 1 unspecified atom stereocenters. The monoisotopic (exact) mass is 1320 g/mol. The molecular weight excluding hydrogens is 1240 g/mol. The largest absolute Gasteiger partial charge is 0.508 e. The molecule has 1 fully saturated rings. The number of nitrogens with one attached hydrogen (secondary N) is 13. The molecule has 2 rings (SSSR count). The van der Waals surface area contributed by atoms with E-state index in [0.717, 1.165) is 68.8 Å². The van der Waals surface area contributed by atoms with Crippen LogP contribution in [0.2, 0.25) is 0 Å². The molecule has 486 valence electrons. The molecule has 0 aliphatic carbocycles. The molecule has 0 bridgehead atoms. The van der Waals surface area contributed by atoms with Crippen molar-refractivity contribution < 1.29 is 87.5 Å². The number of phenolic OH excluding ortho intramolecular Hbond substituents is 1. The van der Waals surface area contributed by atoms with Crippen molar-refractivity contribution in [3.05, 3.63) is 29.8 Å². The van der Waals surface area contributed by atoms with Crippen molar-refractivity contribution in [3.63, 3.8) is 0 Å². The van der Waals surface area contributed by atoms with Gasteiger partial charge >= 0.3 is 11.9 Å². The van der Waals surface area contributed by atoms with Gasteiger partial charge in [-0.25, -0.2) is 4.79 Å². The van der Waals surface area contributed by atoms with E-state index in [1.54, 1.807) is 13.8 Å². The Labute approximate surface area is 521 Å². The second kappa shape index (κ2) is 39.9. The van der Waals surface area contributed by atoms with E-state index in [9.17, 15) is 87.5 Å². The molecule has 32 nitrogen and oxygen atoms in total. The van der Waals surface area contributed by atoms with Crippen LogP contribution in [0.5, 0.6) is 5.75 Å². The maximum Gasteiger partial charge on any atom is 0.327 e. The Morgan fingerprint density at radius 1 is 0.644 bits per heavy atom. The summed E-state index contributed by atoms with van der Waals surface area (Å²) in [5.41, 5.74) is 5.83. The third kappa shape index (κ3) is 29.7. The fourth-order valence-electron chi connectivity index (χ4n) is 7.54. The summed E-state index contributed by atoms with van der Waals surface area (Å²) in [7, 11) is 6.33. The van der Waals surface area contributed by atoms with Crippen molar-refractivity contribution in [1.29, 1.82) is 0 Å². The van der Waals surface area contributed by atoms with Gasteiger partial charge in [-0.2, -0.15) is 11.8 Å². The summed E-state index contributed by atoms with van der Waals surface area (Å²) >= 11 is 0.916. The lowest BCUT2D eigenvalue weighted by Gasteiger charge is -2.27. The lowest BCUT2D eigenvalue weighted by atomic mass is 10.0. The highest BCUT2D eigenvalue weighted by Gasteiger charge is 2.34. The maximum absolute atomic E-state index is 14.5. The number of nitrogens with two attached hydrogens (primary N) is 1. The Kier molecular flexibility index (Phi) is 35.0. The molecule has 1 aromatic rings. The summed E-state index contributed by atoms with van der Waals surface area (Å²) in [6, 6.07) is -8.69. The number of aliphatic hydroxyl groups excluding tert-OH is 1. The van der Waals surface area contributed by atoms with E-state index in [4.69, 9.17) is 5.73 Å². The number of thioether (sulfide) groups is 1. The molecule has 11 atom stereocenters. The van der Waals surface area contributed by atoms with Crippen LogP contribution in [-0.4, -0.2) is 225 Å². The number of carbonyl (C=O) groups is 14. The van der Waals surface area contributed by atoms with E-state index in [-0.39, 0.29) is 59.5 Å². The van der Waals surface area contributed by atoms with Crippen molar-refractivity contribution in [2.45, 2.75) is 127 Å².